The largest absolute Gasteiger partial charge is 0.481 e. The number of carboxylic acids is 1. The molecule has 0 aliphatic rings. The number of carboxylic acid groups (broad SMARTS) is 1. The van der Waals surface area contributed by atoms with Crippen LogP contribution in [0.3, 0.4) is 0 Å². The summed E-state index contributed by atoms with van der Waals surface area (Å²) in [6.07, 6.45) is 1.45. The summed E-state index contributed by atoms with van der Waals surface area (Å²) in [6.45, 7) is 4.92. The Hall–Kier alpha value is -4.66. The van der Waals surface area contributed by atoms with E-state index >= 15 is 0 Å². The van der Waals surface area contributed by atoms with Crippen LogP contribution in [0.5, 0.6) is 0 Å². The standard InChI is InChI=1S/C29H29N7O2/c1-19(2)15-26-30-27(16-20-7-9-21(10-8-20)17-28(37)38)36(33-26)18-22-11-13-23(14-12-22)24-5-3-4-6-25(24)29-31-34-35-32-29/h3-14,19H,15-18H2,1-2H3,(H,37,38)(H,31,32,34,35). The number of benzene rings is 3. The van der Waals surface area contributed by atoms with E-state index in [1.54, 1.807) is 0 Å². The van der Waals surface area contributed by atoms with Crippen molar-refractivity contribution in [3.05, 3.63) is 101 Å². The predicted molar refractivity (Wildman–Crippen MR) is 143 cm³/mol. The molecule has 9 nitrogen and oxygen atoms in total. The topological polar surface area (TPSA) is 122 Å². The molecule has 0 radical (unpaired) electrons. The number of aromatic amines is 1. The first-order valence-electron chi connectivity index (χ1n) is 12.6. The van der Waals surface area contributed by atoms with Gasteiger partial charge in [-0.15, -0.1) is 5.10 Å². The molecule has 0 aliphatic carbocycles. The minimum Gasteiger partial charge on any atom is -0.481 e. The molecule has 5 rings (SSSR count). The molecular formula is C29H29N7O2. The highest BCUT2D eigenvalue weighted by molar-refractivity contribution is 5.80. The number of nitrogens with one attached hydrogen (secondary N) is 1. The molecular weight excluding hydrogens is 478 g/mol. The second-order valence-corrected chi connectivity index (χ2v) is 9.76. The molecule has 192 valence electrons. The maximum atomic E-state index is 11.0. The first-order valence-corrected chi connectivity index (χ1v) is 12.6. The molecule has 2 N–H and O–H groups in total. The Balaban J connectivity index is 1.38. The Morgan fingerprint density at radius 1 is 0.921 bits per heavy atom. The lowest BCUT2D eigenvalue weighted by Crippen LogP contribution is -2.08. The van der Waals surface area contributed by atoms with Crippen molar-refractivity contribution in [1.82, 2.24) is 35.4 Å². The van der Waals surface area contributed by atoms with E-state index in [1.807, 2.05) is 47.1 Å². The lowest BCUT2D eigenvalue weighted by molar-refractivity contribution is -0.136. The Labute approximate surface area is 220 Å². The zero-order valence-electron chi connectivity index (χ0n) is 21.4. The van der Waals surface area contributed by atoms with Crippen molar-refractivity contribution in [2.24, 2.45) is 5.92 Å². The molecule has 0 amide bonds. The molecule has 0 spiro atoms. The maximum absolute atomic E-state index is 11.0. The van der Waals surface area contributed by atoms with Gasteiger partial charge < -0.3 is 5.11 Å². The van der Waals surface area contributed by atoms with Crippen LogP contribution in [0.1, 0.15) is 42.2 Å². The number of aromatic nitrogens is 7. The van der Waals surface area contributed by atoms with Gasteiger partial charge in [0, 0.05) is 18.4 Å². The molecule has 2 heterocycles. The second-order valence-electron chi connectivity index (χ2n) is 9.76. The van der Waals surface area contributed by atoms with Crippen molar-refractivity contribution in [3.8, 4) is 22.5 Å². The molecule has 9 heteroatoms. The van der Waals surface area contributed by atoms with E-state index in [0.29, 0.717) is 24.7 Å². The smallest absolute Gasteiger partial charge is 0.307 e. The van der Waals surface area contributed by atoms with Gasteiger partial charge in [0.25, 0.3) is 0 Å². The molecule has 0 fully saturated rings. The Kier molecular flexibility index (Phi) is 7.35. The van der Waals surface area contributed by atoms with Crippen LogP contribution in [0.2, 0.25) is 0 Å². The van der Waals surface area contributed by atoms with Gasteiger partial charge in [-0.1, -0.05) is 86.6 Å². The summed E-state index contributed by atoms with van der Waals surface area (Å²) in [7, 11) is 0. The van der Waals surface area contributed by atoms with Gasteiger partial charge >= 0.3 is 5.97 Å². The fourth-order valence-electron chi connectivity index (χ4n) is 4.44. The van der Waals surface area contributed by atoms with Crippen LogP contribution in [-0.4, -0.2) is 46.5 Å². The number of rotatable bonds is 10. The van der Waals surface area contributed by atoms with Crippen LogP contribution in [0.25, 0.3) is 22.5 Å². The van der Waals surface area contributed by atoms with E-state index in [4.69, 9.17) is 15.2 Å². The number of hydrogen-bond donors (Lipinski definition) is 2. The minimum atomic E-state index is -0.833. The van der Waals surface area contributed by atoms with Crippen molar-refractivity contribution in [2.75, 3.05) is 0 Å². The highest BCUT2D eigenvalue weighted by Gasteiger charge is 2.14. The van der Waals surface area contributed by atoms with Gasteiger partial charge in [-0.25, -0.2) is 14.8 Å². The van der Waals surface area contributed by atoms with Gasteiger partial charge in [0.1, 0.15) is 5.82 Å². The zero-order chi connectivity index (χ0) is 26.5. The van der Waals surface area contributed by atoms with E-state index in [-0.39, 0.29) is 6.42 Å². The highest BCUT2D eigenvalue weighted by atomic mass is 16.4. The van der Waals surface area contributed by atoms with Crippen molar-refractivity contribution in [2.45, 2.75) is 39.7 Å². The third-order valence-electron chi connectivity index (χ3n) is 6.25. The van der Waals surface area contributed by atoms with E-state index in [2.05, 4.69) is 64.8 Å². The highest BCUT2D eigenvalue weighted by Crippen LogP contribution is 2.30. The number of H-pyrrole nitrogens is 1. The van der Waals surface area contributed by atoms with Crippen molar-refractivity contribution >= 4 is 5.97 Å². The van der Waals surface area contributed by atoms with Gasteiger partial charge in [-0.2, -0.15) is 5.10 Å². The minimum absolute atomic E-state index is 0.0186. The maximum Gasteiger partial charge on any atom is 0.307 e. The monoisotopic (exact) mass is 507 g/mol. The first-order chi connectivity index (χ1) is 18.4. The average Bonchev–Trinajstić information content (AvgIpc) is 3.56. The number of carbonyl (C=O) groups is 1. The molecule has 5 aromatic rings. The summed E-state index contributed by atoms with van der Waals surface area (Å²) in [5.74, 6) is 1.97. The number of hydrogen-bond acceptors (Lipinski definition) is 6. The fourth-order valence-corrected chi connectivity index (χ4v) is 4.44. The lowest BCUT2D eigenvalue weighted by Gasteiger charge is -2.10. The summed E-state index contributed by atoms with van der Waals surface area (Å²) in [5.41, 5.74) is 6.02. The molecule has 0 atom stereocenters. The van der Waals surface area contributed by atoms with Crippen LogP contribution in [0.4, 0.5) is 0 Å². The SMILES string of the molecule is CC(C)Cc1nc(Cc2ccc(CC(=O)O)cc2)n(Cc2ccc(-c3ccccc3-c3nnn[nH]3)cc2)n1. The van der Waals surface area contributed by atoms with Crippen molar-refractivity contribution in [1.29, 1.82) is 0 Å². The number of tetrazole rings is 1. The first kappa shape index (κ1) is 25.0. The van der Waals surface area contributed by atoms with E-state index in [1.165, 1.54) is 0 Å². The summed E-state index contributed by atoms with van der Waals surface area (Å²) >= 11 is 0. The van der Waals surface area contributed by atoms with E-state index < -0.39 is 5.97 Å². The van der Waals surface area contributed by atoms with Gasteiger partial charge in [0.15, 0.2) is 11.6 Å². The Morgan fingerprint density at radius 2 is 1.61 bits per heavy atom. The number of aliphatic carboxylic acids is 1. The molecule has 0 saturated heterocycles. The number of nitrogens with zero attached hydrogens (tertiary/aromatic N) is 6. The predicted octanol–water partition coefficient (Wildman–Crippen LogP) is 4.59. The summed E-state index contributed by atoms with van der Waals surface area (Å²) in [6, 6.07) is 24.1. The Bertz CT molecular complexity index is 1510. The summed E-state index contributed by atoms with van der Waals surface area (Å²) in [4.78, 5) is 15.8. The molecule has 38 heavy (non-hydrogen) atoms. The van der Waals surface area contributed by atoms with Gasteiger partial charge in [0.2, 0.25) is 0 Å². The van der Waals surface area contributed by atoms with Crippen LogP contribution in [0.15, 0.2) is 72.8 Å². The third kappa shape index (κ3) is 6.00. The van der Waals surface area contributed by atoms with Gasteiger partial charge in [-0.3, -0.25) is 4.79 Å². The van der Waals surface area contributed by atoms with Crippen LogP contribution in [-0.2, 0) is 30.6 Å². The fraction of sp³-hybridized carbons (Fsp3) is 0.241. The van der Waals surface area contributed by atoms with Crippen molar-refractivity contribution in [3.63, 3.8) is 0 Å². The van der Waals surface area contributed by atoms with Crippen LogP contribution in [0, 0.1) is 5.92 Å². The van der Waals surface area contributed by atoms with Gasteiger partial charge in [-0.05, 0) is 44.2 Å². The molecule has 2 aromatic heterocycles. The van der Waals surface area contributed by atoms with E-state index in [0.717, 1.165) is 51.5 Å². The second kappa shape index (κ2) is 11.2. The quantitative estimate of drug-likeness (QED) is 0.283. The Morgan fingerprint density at radius 3 is 2.26 bits per heavy atom. The molecule has 0 bridgehead atoms. The third-order valence-corrected chi connectivity index (χ3v) is 6.25. The molecule has 0 saturated carbocycles. The van der Waals surface area contributed by atoms with Crippen LogP contribution >= 0.6 is 0 Å². The van der Waals surface area contributed by atoms with E-state index in [9.17, 15) is 4.79 Å². The average molecular weight is 508 g/mol. The van der Waals surface area contributed by atoms with Gasteiger partial charge in [0.05, 0.1) is 13.0 Å². The normalized spacial score (nSPS) is 11.2. The molecule has 3 aromatic carbocycles. The van der Waals surface area contributed by atoms with Crippen LogP contribution < -0.4 is 0 Å². The lowest BCUT2D eigenvalue weighted by atomic mass is 9.98. The summed E-state index contributed by atoms with van der Waals surface area (Å²) in [5, 5.41) is 28.2. The molecule has 0 aliphatic heterocycles. The molecule has 0 unspecified atom stereocenters. The van der Waals surface area contributed by atoms with Crippen molar-refractivity contribution < 1.29 is 9.90 Å². The summed E-state index contributed by atoms with van der Waals surface area (Å²) < 4.78 is 1.98. The zero-order valence-corrected chi connectivity index (χ0v) is 21.4.